The van der Waals surface area contributed by atoms with Crippen LogP contribution in [-0.4, -0.2) is 25.2 Å². The minimum Gasteiger partial charge on any atom is -0.484 e. The molecule has 7 heteroatoms. The fourth-order valence-corrected chi connectivity index (χ4v) is 1.46. The van der Waals surface area contributed by atoms with E-state index in [1.165, 1.54) is 12.1 Å². The van der Waals surface area contributed by atoms with Crippen molar-refractivity contribution in [1.29, 1.82) is 0 Å². The van der Waals surface area contributed by atoms with Crippen molar-refractivity contribution in [3.8, 4) is 5.75 Å². The zero-order valence-electron chi connectivity index (χ0n) is 10.9. The Morgan fingerprint density at radius 1 is 1.35 bits per heavy atom. The number of amides is 1. The van der Waals surface area contributed by atoms with E-state index < -0.39 is 12.8 Å². The fraction of sp³-hybridized carbons (Fsp3) is 0.462. The molecule has 0 aromatic heterocycles. The lowest BCUT2D eigenvalue weighted by Crippen LogP contribution is -2.23. The maximum atomic E-state index is 12.0. The van der Waals surface area contributed by atoms with Crippen molar-refractivity contribution in [1.82, 2.24) is 5.32 Å². The zero-order chi connectivity index (χ0) is 15.0. The second-order valence-electron chi connectivity index (χ2n) is 4.22. The number of carbonyl (C=O) groups is 1. The number of benzene rings is 1. The van der Waals surface area contributed by atoms with Crippen LogP contribution in [0.1, 0.15) is 18.4 Å². The largest absolute Gasteiger partial charge is 0.484 e. The Labute approximate surface area is 115 Å². The van der Waals surface area contributed by atoms with Crippen LogP contribution in [0.4, 0.5) is 13.2 Å². The summed E-state index contributed by atoms with van der Waals surface area (Å²) < 4.78 is 40.7. The first-order valence-electron chi connectivity index (χ1n) is 6.16. The molecule has 0 fully saturated rings. The van der Waals surface area contributed by atoms with Crippen molar-refractivity contribution in [2.45, 2.75) is 25.6 Å². The second-order valence-corrected chi connectivity index (χ2v) is 4.22. The molecule has 20 heavy (non-hydrogen) atoms. The molecule has 0 spiro atoms. The Balaban J connectivity index is 2.45. The quantitative estimate of drug-likeness (QED) is 0.807. The van der Waals surface area contributed by atoms with Gasteiger partial charge >= 0.3 is 6.18 Å². The van der Waals surface area contributed by atoms with Gasteiger partial charge in [-0.3, -0.25) is 4.79 Å². The first-order chi connectivity index (χ1) is 9.40. The molecule has 3 N–H and O–H groups in total. The molecule has 1 aromatic carbocycles. The van der Waals surface area contributed by atoms with E-state index in [0.717, 1.165) is 0 Å². The standard InChI is InChI=1S/C13H17F3N2O2/c14-13(15,16)9-20-11-4-1-3-10(7-11)8-18-12(19)5-2-6-17/h1,3-4,7H,2,5-6,8-9,17H2,(H,18,19). The van der Waals surface area contributed by atoms with Crippen LogP contribution >= 0.6 is 0 Å². The van der Waals surface area contributed by atoms with E-state index in [-0.39, 0.29) is 18.2 Å². The van der Waals surface area contributed by atoms with Crippen molar-refractivity contribution in [2.75, 3.05) is 13.2 Å². The lowest BCUT2D eigenvalue weighted by Gasteiger charge is -2.10. The molecule has 0 aliphatic carbocycles. The van der Waals surface area contributed by atoms with Crippen LogP contribution in [-0.2, 0) is 11.3 Å². The average Bonchev–Trinajstić information content (AvgIpc) is 2.40. The molecule has 0 aliphatic heterocycles. The van der Waals surface area contributed by atoms with E-state index >= 15 is 0 Å². The van der Waals surface area contributed by atoms with Gasteiger partial charge in [-0.15, -0.1) is 0 Å². The zero-order valence-corrected chi connectivity index (χ0v) is 10.9. The summed E-state index contributed by atoms with van der Waals surface area (Å²) in [5, 5.41) is 2.66. The van der Waals surface area contributed by atoms with E-state index in [9.17, 15) is 18.0 Å². The van der Waals surface area contributed by atoms with Crippen LogP contribution in [0.15, 0.2) is 24.3 Å². The molecule has 112 valence electrons. The van der Waals surface area contributed by atoms with Crippen molar-refractivity contribution in [2.24, 2.45) is 5.73 Å². The molecule has 0 saturated carbocycles. The van der Waals surface area contributed by atoms with Crippen LogP contribution in [0.2, 0.25) is 0 Å². The third-order valence-electron chi connectivity index (χ3n) is 2.40. The summed E-state index contributed by atoms with van der Waals surface area (Å²) in [6.45, 7) is -0.653. The Hall–Kier alpha value is -1.76. The minimum absolute atomic E-state index is 0.121. The Morgan fingerprint density at radius 2 is 2.10 bits per heavy atom. The van der Waals surface area contributed by atoms with Crippen LogP contribution < -0.4 is 15.8 Å². The number of nitrogens with two attached hydrogens (primary N) is 1. The summed E-state index contributed by atoms with van der Waals surface area (Å²) in [5.74, 6) is -0.0203. The van der Waals surface area contributed by atoms with Gasteiger partial charge < -0.3 is 15.8 Å². The highest BCUT2D eigenvalue weighted by Crippen LogP contribution is 2.19. The van der Waals surface area contributed by atoms with Crippen molar-refractivity contribution in [3.63, 3.8) is 0 Å². The van der Waals surface area contributed by atoms with Gasteiger partial charge in [0, 0.05) is 13.0 Å². The summed E-state index contributed by atoms with van der Waals surface area (Å²) in [4.78, 5) is 11.4. The number of alkyl halides is 3. The highest BCUT2D eigenvalue weighted by Gasteiger charge is 2.28. The summed E-state index contributed by atoms with van der Waals surface area (Å²) in [6.07, 6.45) is -3.44. The Bertz CT molecular complexity index is 436. The summed E-state index contributed by atoms with van der Waals surface area (Å²) in [7, 11) is 0. The summed E-state index contributed by atoms with van der Waals surface area (Å²) in [5.41, 5.74) is 5.96. The van der Waals surface area contributed by atoms with Gasteiger partial charge in [0.2, 0.25) is 5.91 Å². The number of nitrogens with one attached hydrogen (secondary N) is 1. The first kappa shape index (κ1) is 16.3. The number of halogens is 3. The molecule has 0 atom stereocenters. The molecule has 0 heterocycles. The fourth-order valence-electron chi connectivity index (χ4n) is 1.46. The Morgan fingerprint density at radius 3 is 2.75 bits per heavy atom. The van der Waals surface area contributed by atoms with Gasteiger partial charge in [0.25, 0.3) is 0 Å². The molecule has 1 amide bonds. The smallest absolute Gasteiger partial charge is 0.422 e. The molecule has 1 rings (SSSR count). The molecule has 0 bridgehead atoms. The van der Waals surface area contributed by atoms with Gasteiger partial charge in [-0.25, -0.2) is 0 Å². The number of hydrogen-bond donors (Lipinski definition) is 2. The molecular weight excluding hydrogens is 273 g/mol. The maximum absolute atomic E-state index is 12.0. The highest BCUT2D eigenvalue weighted by molar-refractivity contribution is 5.75. The van der Waals surface area contributed by atoms with E-state index in [1.54, 1.807) is 12.1 Å². The number of carbonyl (C=O) groups excluding carboxylic acids is 1. The number of ether oxygens (including phenoxy) is 1. The third kappa shape index (κ3) is 6.98. The van der Waals surface area contributed by atoms with Gasteiger partial charge in [0.1, 0.15) is 5.75 Å². The molecule has 0 radical (unpaired) electrons. The third-order valence-corrected chi connectivity index (χ3v) is 2.40. The van der Waals surface area contributed by atoms with Crippen molar-refractivity contribution >= 4 is 5.91 Å². The molecule has 0 aliphatic rings. The SMILES string of the molecule is NCCCC(=O)NCc1cccc(OCC(F)(F)F)c1. The summed E-state index contributed by atoms with van der Waals surface area (Å²) in [6, 6.07) is 6.18. The number of rotatable bonds is 7. The van der Waals surface area contributed by atoms with Crippen molar-refractivity contribution < 1.29 is 22.7 Å². The van der Waals surface area contributed by atoms with Crippen LogP contribution in [0, 0.1) is 0 Å². The van der Waals surface area contributed by atoms with Crippen LogP contribution in [0.3, 0.4) is 0 Å². The average molecular weight is 290 g/mol. The predicted octanol–water partition coefficient (Wildman–Crippen LogP) is 1.98. The molecule has 0 unspecified atom stereocenters. The van der Waals surface area contributed by atoms with Gasteiger partial charge in [-0.2, -0.15) is 13.2 Å². The van der Waals surface area contributed by atoms with Crippen LogP contribution in [0.5, 0.6) is 5.75 Å². The minimum atomic E-state index is -4.37. The van der Waals surface area contributed by atoms with Gasteiger partial charge in [-0.05, 0) is 30.7 Å². The number of hydrogen-bond acceptors (Lipinski definition) is 3. The van der Waals surface area contributed by atoms with Gasteiger partial charge in [-0.1, -0.05) is 12.1 Å². The second kappa shape index (κ2) is 7.74. The molecule has 1 aromatic rings. The molecular formula is C13H17F3N2O2. The maximum Gasteiger partial charge on any atom is 0.422 e. The Kier molecular flexibility index (Phi) is 6.30. The highest BCUT2D eigenvalue weighted by atomic mass is 19.4. The van der Waals surface area contributed by atoms with Gasteiger partial charge in [0.15, 0.2) is 6.61 Å². The molecule has 4 nitrogen and oxygen atoms in total. The predicted molar refractivity (Wildman–Crippen MR) is 68.1 cm³/mol. The first-order valence-corrected chi connectivity index (χ1v) is 6.16. The lowest BCUT2D eigenvalue weighted by atomic mass is 10.2. The van der Waals surface area contributed by atoms with Crippen molar-refractivity contribution in [3.05, 3.63) is 29.8 Å². The van der Waals surface area contributed by atoms with E-state index in [0.29, 0.717) is 24.9 Å². The van der Waals surface area contributed by atoms with E-state index in [1.807, 2.05) is 0 Å². The van der Waals surface area contributed by atoms with Crippen LogP contribution in [0.25, 0.3) is 0 Å². The normalized spacial score (nSPS) is 11.2. The topological polar surface area (TPSA) is 64.4 Å². The molecule has 0 saturated heterocycles. The lowest BCUT2D eigenvalue weighted by molar-refractivity contribution is -0.153. The monoisotopic (exact) mass is 290 g/mol. The van der Waals surface area contributed by atoms with E-state index in [2.05, 4.69) is 10.1 Å². The van der Waals surface area contributed by atoms with E-state index in [4.69, 9.17) is 5.73 Å². The summed E-state index contributed by atoms with van der Waals surface area (Å²) >= 11 is 0. The van der Waals surface area contributed by atoms with Gasteiger partial charge in [0.05, 0.1) is 0 Å².